The maximum Gasteiger partial charge on any atom is 0.347 e. The molecule has 5 nitrogen and oxygen atoms in total. The summed E-state index contributed by atoms with van der Waals surface area (Å²) in [6.07, 6.45) is 3.50. The van der Waals surface area contributed by atoms with Gasteiger partial charge in [0.05, 0.1) is 5.02 Å². The average Bonchev–Trinajstić information content (AvgIpc) is 2.57. The molecule has 1 aliphatic carbocycles. The Morgan fingerprint density at radius 1 is 1.28 bits per heavy atom. The van der Waals surface area contributed by atoms with E-state index in [9.17, 15) is 9.59 Å². The Morgan fingerprint density at radius 3 is 2.68 bits per heavy atom. The first-order valence-corrected chi connectivity index (χ1v) is 9.20. The molecule has 0 heterocycles. The minimum atomic E-state index is -0.889. The number of hydrogen-bond donors (Lipinski definition) is 1. The van der Waals surface area contributed by atoms with Crippen LogP contribution in [0.25, 0.3) is 0 Å². The zero-order valence-corrected chi connectivity index (χ0v) is 15.9. The predicted octanol–water partition coefficient (Wildman–Crippen LogP) is 4.00. The molecule has 2 rings (SSSR count). The standard InChI is InChI=1S/C18H23Cl2NO4/c1-11-5-3-4-6-15(11)21-17(22)10-24-18(23)12(2)25-16-8-7-13(19)9-14(16)20/h7-9,11-12,15H,3-6,10H2,1-2H3,(H,21,22)/t11-,12-,15+/m1/s1. The van der Waals surface area contributed by atoms with Gasteiger partial charge in [-0.05, 0) is 43.9 Å². The normalized spacial score (nSPS) is 21.3. The van der Waals surface area contributed by atoms with Crippen LogP contribution in [-0.2, 0) is 14.3 Å². The molecule has 0 bridgehead atoms. The number of amides is 1. The van der Waals surface area contributed by atoms with E-state index in [0.29, 0.717) is 21.7 Å². The summed E-state index contributed by atoms with van der Waals surface area (Å²) in [6, 6.07) is 4.86. The van der Waals surface area contributed by atoms with E-state index >= 15 is 0 Å². The molecule has 7 heteroatoms. The van der Waals surface area contributed by atoms with Crippen molar-refractivity contribution in [1.82, 2.24) is 5.32 Å². The van der Waals surface area contributed by atoms with Crippen molar-refractivity contribution < 1.29 is 19.1 Å². The van der Waals surface area contributed by atoms with E-state index < -0.39 is 12.1 Å². The molecule has 1 amide bonds. The van der Waals surface area contributed by atoms with Crippen molar-refractivity contribution in [2.24, 2.45) is 5.92 Å². The lowest BCUT2D eigenvalue weighted by atomic mass is 9.86. The molecular weight excluding hydrogens is 365 g/mol. The SMILES string of the molecule is C[C@@H]1CCCC[C@@H]1NC(=O)COC(=O)[C@@H](C)Oc1ccc(Cl)cc1Cl. The van der Waals surface area contributed by atoms with Gasteiger partial charge in [0.15, 0.2) is 12.7 Å². The van der Waals surface area contributed by atoms with Gasteiger partial charge in [0, 0.05) is 11.1 Å². The second-order valence-corrected chi connectivity index (χ2v) is 7.22. The molecule has 1 N–H and O–H groups in total. The van der Waals surface area contributed by atoms with Crippen LogP contribution in [0.15, 0.2) is 18.2 Å². The first-order valence-electron chi connectivity index (χ1n) is 8.44. The van der Waals surface area contributed by atoms with Gasteiger partial charge in [-0.15, -0.1) is 0 Å². The summed E-state index contributed by atoms with van der Waals surface area (Å²) in [4.78, 5) is 24.0. The van der Waals surface area contributed by atoms with Gasteiger partial charge in [-0.2, -0.15) is 0 Å². The van der Waals surface area contributed by atoms with Crippen LogP contribution in [0.2, 0.25) is 10.0 Å². The molecule has 0 unspecified atom stereocenters. The highest BCUT2D eigenvalue weighted by atomic mass is 35.5. The molecule has 1 aromatic carbocycles. The van der Waals surface area contributed by atoms with Crippen molar-refractivity contribution >= 4 is 35.1 Å². The van der Waals surface area contributed by atoms with Crippen LogP contribution in [0.1, 0.15) is 39.5 Å². The maximum atomic E-state index is 12.0. The van der Waals surface area contributed by atoms with Crippen molar-refractivity contribution in [1.29, 1.82) is 0 Å². The molecule has 25 heavy (non-hydrogen) atoms. The highest BCUT2D eigenvalue weighted by Crippen LogP contribution is 2.28. The van der Waals surface area contributed by atoms with Gasteiger partial charge in [0.25, 0.3) is 5.91 Å². The molecule has 1 fully saturated rings. The van der Waals surface area contributed by atoms with E-state index in [0.717, 1.165) is 19.3 Å². The van der Waals surface area contributed by atoms with E-state index in [-0.39, 0.29) is 18.6 Å². The molecule has 0 radical (unpaired) electrons. The third-order valence-corrected chi connectivity index (χ3v) is 4.86. The van der Waals surface area contributed by atoms with Crippen molar-refractivity contribution in [3.8, 4) is 5.75 Å². The summed E-state index contributed by atoms with van der Waals surface area (Å²) >= 11 is 11.8. The minimum absolute atomic E-state index is 0.154. The topological polar surface area (TPSA) is 64.6 Å². The molecule has 0 spiro atoms. The van der Waals surface area contributed by atoms with Gasteiger partial charge in [0.2, 0.25) is 0 Å². The highest BCUT2D eigenvalue weighted by Gasteiger charge is 2.24. The molecule has 1 saturated carbocycles. The lowest BCUT2D eigenvalue weighted by Crippen LogP contribution is -2.43. The first kappa shape index (κ1) is 19.9. The van der Waals surface area contributed by atoms with Crippen molar-refractivity contribution in [2.75, 3.05) is 6.61 Å². The van der Waals surface area contributed by atoms with Crippen LogP contribution < -0.4 is 10.1 Å². The number of halogens is 2. The molecule has 0 aromatic heterocycles. The van der Waals surface area contributed by atoms with Gasteiger partial charge in [-0.3, -0.25) is 4.79 Å². The van der Waals surface area contributed by atoms with Crippen LogP contribution in [0, 0.1) is 5.92 Å². The van der Waals surface area contributed by atoms with Crippen LogP contribution in [0.5, 0.6) is 5.75 Å². The number of benzene rings is 1. The lowest BCUT2D eigenvalue weighted by Gasteiger charge is -2.29. The molecule has 0 aliphatic heterocycles. The van der Waals surface area contributed by atoms with E-state index in [4.69, 9.17) is 32.7 Å². The Hall–Kier alpha value is -1.46. The quantitative estimate of drug-likeness (QED) is 0.749. The Labute approximate surface area is 158 Å². The van der Waals surface area contributed by atoms with Crippen molar-refractivity contribution in [3.63, 3.8) is 0 Å². The van der Waals surface area contributed by atoms with Crippen LogP contribution in [0.4, 0.5) is 0 Å². The monoisotopic (exact) mass is 387 g/mol. The van der Waals surface area contributed by atoms with E-state index in [2.05, 4.69) is 12.2 Å². The summed E-state index contributed by atoms with van der Waals surface area (Å²) in [6.45, 7) is 3.35. The second kappa shape index (κ2) is 9.30. The van der Waals surface area contributed by atoms with E-state index in [1.165, 1.54) is 19.4 Å². The zero-order valence-electron chi connectivity index (χ0n) is 14.4. The van der Waals surface area contributed by atoms with E-state index in [1.54, 1.807) is 12.1 Å². The third kappa shape index (κ3) is 6.08. The molecule has 3 atom stereocenters. The number of hydrogen-bond acceptors (Lipinski definition) is 4. The molecule has 138 valence electrons. The van der Waals surface area contributed by atoms with E-state index in [1.807, 2.05) is 0 Å². The summed E-state index contributed by atoms with van der Waals surface area (Å²) in [7, 11) is 0. The van der Waals surface area contributed by atoms with Gasteiger partial charge < -0.3 is 14.8 Å². The highest BCUT2D eigenvalue weighted by molar-refractivity contribution is 6.35. The summed E-state index contributed by atoms with van der Waals surface area (Å²) in [5, 5.41) is 3.71. The first-order chi connectivity index (χ1) is 11.9. The van der Waals surface area contributed by atoms with Gasteiger partial charge in [-0.25, -0.2) is 4.79 Å². The summed E-state index contributed by atoms with van der Waals surface area (Å²) < 4.78 is 10.5. The maximum absolute atomic E-state index is 12.0. The fourth-order valence-electron chi connectivity index (χ4n) is 2.84. The molecule has 1 aliphatic rings. The van der Waals surface area contributed by atoms with Crippen molar-refractivity contribution in [3.05, 3.63) is 28.2 Å². The fraction of sp³-hybridized carbons (Fsp3) is 0.556. The molecular formula is C18H23Cl2NO4. The third-order valence-electron chi connectivity index (χ3n) is 4.33. The second-order valence-electron chi connectivity index (χ2n) is 6.38. The van der Waals surface area contributed by atoms with Crippen LogP contribution in [0.3, 0.4) is 0 Å². The Kier molecular flexibility index (Phi) is 7.38. The number of nitrogens with one attached hydrogen (secondary N) is 1. The number of carbonyl (C=O) groups is 2. The number of ether oxygens (including phenoxy) is 2. The Balaban J connectivity index is 1.77. The number of esters is 1. The van der Waals surface area contributed by atoms with Gasteiger partial charge in [0.1, 0.15) is 5.75 Å². The smallest absolute Gasteiger partial charge is 0.347 e. The average molecular weight is 388 g/mol. The van der Waals surface area contributed by atoms with Crippen LogP contribution in [-0.4, -0.2) is 30.6 Å². The molecule has 1 aromatic rings. The largest absolute Gasteiger partial charge is 0.477 e. The van der Waals surface area contributed by atoms with Gasteiger partial charge >= 0.3 is 5.97 Å². The number of carbonyl (C=O) groups excluding carboxylic acids is 2. The number of rotatable bonds is 6. The lowest BCUT2D eigenvalue weighted by molar-refractivity contribution is -0.155. The molecule has 0 saturated heterocycles. The Morgan fingerprint density at radius 2 is 2.00 bits per heavy atom. The zero-order chi connectivity index (χ0) is 18.4. The minimum Gasteiger partial charge on any atom is -0.477 e. The van der Waals surface area contributed by atoms with Gasteiger partial charge in [-0.1, -0.05) is 43.0 Å². The fourth-order valence-corrected chi connectivity index (χ4v) is 3.30. The summed E-state index contributed by atoms with van der Waals surface area (Å²) in [5.41, 5.74) is 0. The Bertz CT molecular complexity index is 623. The summed E-state index contributed by atoms with van der Waals surface area (Å²) in [5.74, 6) is -0.139. The van der Waals surface area contributed by atoms with Crippen molar-refractivity contribution in [2.45, 2.75) is 51.7 Å². The predicted molar refractivity (Wildman–Crippen MR) is 97.1 cm³/mol. The van der Waals surface area contributed by atoms with Crippen LogP contribution >= 0.6 is 23.2 Å².